The van der Waals surface area contributed by atoms with E-state index in [1.807, 2.05) is 43.3 Å². The molecule has 2 N–H and O–H groups in total. The lowest BCUT2D eigenvalue weighted by Crippen LogP contribution is -1.85. The van der Waals surface area contributed by atoms with Gasteiger partial charge in [-0.3, -0.25) is 0 Å². The Morgan fingerprint density at radius 2 is 2.06 bits per heavy atom. The van der Waals surface area contributed by atoms with Crippen LogP contribution in [0.2, 0.25) is 0 Å². The average molecular weight is 350 g/mol. The van der Waals surface area contributed by atoms with Crippen molar-refractivity contribution in [1.29, 1.82) is 0 Å². The number of nitrogens with two attached hydrogens (primary N) is 1. The van der Waals surface area contributed by atoms with Crippen LogP contribution in [0.25, 0.3) is 22.6 Å². The lowest BCUT2D eigenvalue weighted by Gasteiger charge is -1.96. The minimum Gasteiger partial charge on any atom is -0.436 e. The number of rotatable bonds is 1. The third-order valence-electron chi connectivity index (χ3n) is 2.77. The summed E-state index contributed by atoms with van der Waals surface area (Å²) >= 11 is 2.27. The van der Waals surface area contributed by atoms with Crippen molar-refractivity contribution in [3.05, 3.63) is 45.5 Å². The monoisotopic (exact) mass is 350 g/mol. The van der Waals surface area contributed by atoms with Crippen molar-refractivity contribution in [2.75, 3.05) is 5.73 Å². The minimum atomic E-state index is 0.636. The molecular weight excluding hydrogens is 339 g/mol. The van der Waals surface area contributed by atoms with Crippen LogP contribution in [0.3, 0.4) is 0 Å². The molecule has 1 heterocycles. The number of benzene rings is 2. The molecule has 0 aliphatic carbocycles. The molecule has 0 amide bonds. The van der Waals surface area contributed by atoms with Crippen LogP contribution in [0.4, 0.5) is 5.69 Å². The molecular formula is C14H11IN2O. The van der Waals surface area contributed by atoms with Crippen LogP contribution in [0.5, 0.6) is 0 Å². The minimum absolute atomic E-state index is 0.636. The van der Waals surface area contributed by atoms with Gasteiger partial charge < -0.3 is 10.2 Å². The van der Waals surface area contributed by atoms with Crippen LogP contribution in [-0.2, 0) is 0 Å². The molecule has 2 aromatic carbocycles. The van der Waals surface area contributed by atoms with Crippen LogP contribution in [-0.4, -0.2) is 4.98 Å². The van der Waals surface area contributed by atoms with E-state index in [-0.39, 0.29) is 0 Å². The molecule has 0 unspecified atom stereocenters. The number of hydrogen-bond donors (Lipinski definition) is 1. The van der Waals surface area contributed by atoms with Gasteiger partial charge in [-0.25, -0.2) is 4.98 Å². The quantitative estimate of drug-likeness (QED) is 0.533. The first kappa shape index (κ1) is 11.5. The summed E-state index contributed by atoms with van der Waals surface area (Å²) < 4.78 is 6.98. The van der Waals surface area contributed by atoms with Crippen molar-refractivity contribution in [1.82, 2.24) is 4.98 Å². The van der Waals surface area contributed by atoms with Gasteiger partial charge in [0.15, 0.2) is 5.58 Å². The second-order valence-corrected chi connectivity index (χ2v) is 5.46. The van der Waals surface area contributed by atoms with E-state index in [0.29, 0.717) is 11.6 Å². The van der Waals surface area contributed by atoms with Crippen molar-refractivity contribution < 1.29 is 4.42 Å². The highest BCUT2D eigenvalue weighted by atomic mass is 127. The molecule has 3 nitrogen and oxygen atoms in total. The van der Waals surface area contributed by atoms with E-state index in [1.165, 1.54) is 0 Å². The highest BCUT2D eigenvalue weighted by molar-refractivity contribution is 14.1. The van der Waals surface area contributed by atoms with E-state index in [1.54, 1.807) is 0 Å². The Kier molecular flexibility index (Phi) is 2.74. The molecule has 0 aliphatic rings. The first-order chi connectivity index (χ1) is 8.63. The Balaban J connectivity index is 2.22. The maximum absolute atomic E-state index is 5.82. The van der Waals surface area contributed by atoms with Gasteiger partial charge in [0, 0.05) is 14.8 Å². The lowest BCUT2D eigenvalue weighted by molar-refractivity contribution is 0.617. The number of aryl methyl sites for hydroxylation is 1. The number of oxazole rings is 1. The zero-order valence-electron chi connectivity index (χ0n) is 9.77. The maximum Gasteiger partial charge on any atom is 0.227 e. The van der Waals surface area contributed by atoms with Crippen LogP contribution < -0.4 is 5.73 Å². The van der Waals surface area contributed by atoms with Crippen molar-refractivity contribution in [3.8, 4) is 11.5 Å². The number of aromatic nitrogens is 1. The summed E-state index contributed by atoms with van der Waals surface area (Å²) in [5.41, 5.74) is 10.1. The number of hydrogen-bond acceptors (Lipinski definition) is 3. The maximum atomic E-state index is 5.82. The molecule has 0 bridgehead atoms. The van der Waals surface area contributed by atoms with Crippen LogP contribution in [0.1, 0.15) is 5.56 Å². The highest BCUT2D eigenvalue weighted by Gasteiger charge is 2.10. The molecule has 18 heavy (non-hydrogen) atoms. The SMILES string of the molecule is Cc1cc(N)cc2nc(-c3cccc(I)c3)oc12. The predicted molar refractivity (Wildman–Crippen MR) is 81.3 cm³/mol. The lowest BCUT2D eigenvalue weighted by atomic mass is 10.2. The number of halogens is 1. The van der Waals surface area contributed by atoms with Gasteiger partial charge in [0.05, 0.1) is 0 Å². The molecule has 0 saturated heterocycles. The molecule has 0 aliphatic heterocycles. The van der Waals surface area contributed by atoms with E-state index in [2.05, 4.69) is 27.6 Å². The van der Waals surface area contributed by atoms with E-state index >= 15 is 0 Å². The smallest absolute Gasteiger partial charge is 0.227 e. The Labute approximate surface area is 118 Å². The predicted octanol–water partition coefficient (Wildman–Crippen LogP) is 3.99. The fraction of sp³-hybridized carbons (Fsp3) is 0.0714. The van der Waals surface area contributed by atoms with E-state index in [0.717, 1.165) is 25.8 Å². The van der Waals surface area contributed by atoms with E-state index in [4.69, 9.17) is 10.2 Å². The standard InChI is InChI=1S/C14H11IN2O/c1-8-5-11(16)7-12-13(8)18-14(17-12)9-3-2-4-10(15)6-9/h2-7H,16H2,1H3. The molecule has 0 fully saturated rings. The molecule has 0 saturated carbocycles. The number of fused-ring (bicyclic) bond motifs is 1. The summed E-state index contributed by atoms with van der Waals surface area (Å²) in [7, 11) is 0. The molecule has 4 heteroatoms. The highest BCUT2D eigenvalue weighted by Crippen LogP contribution is 2.28. The Morgan fingerprint density at radius 1 is 1.22 bits per heavy atom. The molecule has 1 aromatic heterocycles. The summed E-state index contributed by atoms with van der Waals surface area (Å²) in [5.74, 6) is 0.636. The number of nitrogens with zero attached hydrogens (tertiary/aromatic N) is 1. The first-order valence-corrected chi connectivity index (χ1v) is 6.64. The van der Waals surface area contributed by atoms with E-state index in [9.17, 15) is 0 Å². The first-order valence-electron chi connectivity index (χ1n) is 5.56. The molecule has 0 radical (unpaired) electrons. The van der Waals surface area contributed by atoms with Crippen LogP contribution in [0.15, 0.2) is 40.8 Å². The fourth-order valence-electron chi connectivity index (χ4n) is 1.97. The third-order valence-corrected chi connectivity index (χ3v) is 3.44. The van der Waals surface area contributed by atoms with Crippen molar-refractivity contribution in [2.24, 2.45) is 0 Å². The van der Waals surface area contributed by atoms with E-state index < -0.39 is 0 Å². The molecule has 3 aromatic rings. The van der Waals surface area contributed by atoms with Gasteiger partial charge in [0.2, 0.25) is 5.89 Å². The molecule has 90 valence electrons. The van der Waals surface area contributed by atoms with Crippen LogP contribution >= 0.6 is 22.6 Å². The normalized spacial score (nSPS) is 11.0. The van der Waals surface area contributed by atoms with Crippen molar-refractivity contribution in [3.63, 3.8) is 0 Å². The Hall–Kier alpha value is -1.56. The van der Waals surface area contributed by atoms with Gasteiger partial charge in [-0.1, -0.05) is 6.07 Å². The number of anilines is 1. The van der Waals surface area contributed by atoms with Crippen molar-refractivity contribution >= 4 is 39.4 Å². The summed E-state index contributed by atoms with van der Waals surface area (Å²) in [6.45, 7) is 1.97. The molecule has 0 spiro atoms. The zero-order chi connectivity index (χ0) is 12.7. The van der Waals surface area contributed by atoms with Crippen molar-refractivity contribution in [2.45, 2.75) is 6.92 Å². The second kappa shape index (κ2) is 4.28. The Bertz CT molecular complexity index is 734. The van der Waals surface area contributed by atoms with Gasteiger partial charge >= 0.3 is 0 Å². The summed E-state index contributed by atoms with van der Waals surface area (Å²) in [6.07, 6.45) is 0. The summed E-state index contributed by atoms with van der Waals surface area (Å²) in [6, 6.07) is 11.8. The summed E-state index contributed by atoms with van der Waals surface area (Å²) in [5, 5.41) is 0. The van der Waals surface area contributed by atoms with Gasteiger partial charge in [-0.2, -0.15) is 0 Å². The van der Waals surface area contributed by atoms with Gasteiger partial charge in [-0.05, 0) is 65.4 Å². The second-order valence-electron chi connectivity index (χ2n) is 4.22. The largest absolute Gasteiger partial charge is 0.436 e. The fourth-order valence-corrected chi connectivity index (χ4v) is 2.52. The molecule has 0 atom stereocenters. The summed E-state index contributed by atoms with van der Waals surface area (Å²) in [4.78, 5) is 4.50. The van der Waals surface area contributed by atoms with Gasteiger partial charge in [-0.15, -0.1) is 0 Å². The van der Waals surface area contributed by atoms with Gasteiger partial charge in [0.1, 0.15) is 5.52 Å². The topological polar surface area (TPSA) is 52.0 Å². The molecule has 3 rings (SSSR count). The van der Waals surface area contributed by atoms with Crippen LogP contribution in [0, 0.1) is 10.5 Å². The number of nitrogen functional groups attached to an aromatic ring is 1. The zero-order valence-corrected chi connectivity index (χ0v) is 11.9. The Morgan fingerprint density at radius 3 is 2.83 bits per heavy atom. The van der Waals surface area contributed by atoms with Gasteiger partial charge in [0.25, 0.3) is 0 Å². The average Bonchev–Trinajstić information content (AvgIpc) is 2.73. The third kappa shape index (κ3) is 1.96.